The van der Waals surface area contributed by atoms with Gasteiger partial charge in [0.2, 0.25) is 5.60 Å². The number of methoxy groups -OCH3 is 1. The molecule has 0 bridgehead atoms. The minimum atomic E-state index is -1.80. The minimum Gasteiger partial charge on any atom is -0.504 e. The summed E-state index contributed by atoms with van der Waals surface area (Å²) in [5.41, 5.74) is 3.88. The molecule has 0 aliphatic carbocycles. The molecule has 3 aliphatic heterocycles. The number of carbonyl (C=O) groups is 6. The van der Waals surface area contributed by atoms with Crippen LogP contribution >= 0.6 is 23.1 Å². The van der Waals surface area contributed by atoms with Crippen molar-refractivity contribution in [2.75, 3.05) is 51.3 Å². The molecule has 1 fully saturated rings. The molecule has 4 amide bonds. The van der Waals surface area contributed by atoms with Crippen molar-refractivity contribution in [1.29, 1.82) is 0 Å². The van der Waals surface area contributed by atoms with Gasteiger partial charge in [-0.1, -0.05) is 5.16 Å². The third-order valence-corrected chi connectivity index (χ3v) is 11.3. The summed E-state index contributed by atoms with van der Waals surface area (Å²) in [7, 11) is 1.19. The maximum Gasteiger partial charge on any atom is 0.355 e. The number of quaternary nitrogens is 1. The Morgan fingerprint density at radius 1 is 1.15 bits per heavy atom. The van der Waals surface area contributed by atoms with E-state index in [1.165, 1.54) is 49.1 Å². The Morgan fingerprint density at radius 3 is 2.44 bits per heavy atom. The molecule has 3 aliphatic rings. The summed E-state index contributed by atoms with van der Waals surface area (Å²) < 4.78 is 5.39. The summed E-state index contributed by atoms with van der Waals surface area (Å²) in [5, 5.41) is 36.8. The fourth-order valence-corrected chi connectivity index (χ4v) is 7.89. The molecule has 1 aromatic heterocycles. The van der Waals surface area contributed by atoms with Gasteiger partial charge in [0.05, 0.1) is 44.4 Å². The first-order valence-electron chi connectivity index (χ1n) is 16.0. The molecule has 6 N–H and O–H groups in total. The summed E-state index contributed by atoms with van der Waals surface area (Å²) >= 11 is 2.31. The largest absolute Gasteiger partial charge is 0.504 e. The zero-order valence-corrected chi connectivity index (χ0v) is 30.5. The monoisotopic (exact) mass is 760 g/mol. The van der Waals surface area contributed by atoms with Crippen LogP contribution in [-0.4, -0.2) is 138 Å². The zero-order valence-electron chi connectivity index (χ0n) is 28.9. The van der Waals surface area contributed by atoms with E-state index >= 15 is 0 Å². The number of carboxylic acid groups (broad SMARTS) is 1. The van der Waals surface area contributed by atoms with E-state index in [1.807, 2.05) is 13.8 Å². The van der Waals surface area contributed by atoms with E-state index in [2.05, 4.69) is 15.5 Å². The predicted molar refractivity (Wildman–Crippen MR) is 186 cm³/mol. The number of benzene rings is 1. The fourth-order valence-electron chi connectivity index (χ4n) is 6.01. The standard InChI is InChI=1S/C32H37N7O11S2/c1-6-39(7-2,11-10-37-25(43)16-8-9-18(40)23(41)19(16)26(37)44)12-15-13-51-28-21(27(45)38(28)22(15)29(46)49-5)35-24(42)20(17-14-52-31(33)34-17)36-50-32(3,4)30(47)48/h8-9,14,21,28H,6-7,10-13H2,1-5H3,(H5-,33,34,35,36,40,41,42,43,44,47,48)/p+1/t21-,28-/m1/s1. The first kappa shape index (κ1) is 38.0. The van der Waals surface area contributed by atoms with Gasteiger partial charge in [0.15, 0.2) is 22.3 Å². The number of nitrogens with zero attached hydrogens (tertiary/aromatic N) is 5. The number of aliphatic carboxylic acids is 1. The lowest BCUT2D eigenvalue weighted by Gasteiger charge is -2.50. The number of aromatic hydroxyl groups is 2. The molecule has 18 nitrogen and oxygen atoms in total. The van der Waals surface area contributed by atoms with Gasteiger partial charge in [-0.2, -0.15) is 0 Å². The van der Waals surface area contributed by atoms with Crippen LogP contribution in [0.25, 0.3) is 0 Å². The molecule has 2 aromatic rings. The molecule has 0 saturated carbocycles. The maximum absolute atomic E-state index is 13.7. The van der Waals surface area contributed by atoms with Crippen molar-refractivity contribution < 1.29 is 58.1 Å². The lowest BCUT2D eigenvalue weighted by atomic mass is 10.0. The summed E-state index contributed by atoms with van der Waals surface area (Å²) in [6.45, 7) is 7.86. The van der Waals surface area contributed by atoms with Gasteiger partial charge < -0.3 is 40.4 Å². The Kier molecular flexibility index (Phi) is 10.6. The number of hydrogen-bond acceptors (Lipinski definition) is 15. The Labute approximate surface area is 305 Å². The van der Waals surface area contributed by atoms with Gasteiger partial charge in [0.1, 0.15) is 29.4 Å². The molecule has 5 rings (SSSR count). The highest BCUT2D eigenvalue weighted by molar-refractivity contribution is 8.00. The Balaban J connectivity index is 1.36. The molecule has 4 heterocycles. The number of ether oxygens (including phenoxy) is 1. The second-order valence-electron chi connectivity index (χ2n) is 12.7. The van der Waals surface area contributed by atoms with Crippen molar-refractivity contribution in [2.24, 2.45) is 5.16 Å². The lowest BCUT2D eigenvalue weighted by molar-refractivity contribution is -0.919. The number of amides is 4. The number of phenols is 2. The quantitative estimate of drug-likeness (QED) is 0.0338. The number of imide groups is 1. The van der Waals surface area contributed by atoms with Crippen molar-refractivity contribution in [3.63, 3.8) is 0 Å². The Bertz CT molecular complexity index is 1920. The number of hydrogen-bond donors (Lipinski definition) is 5. The van der Waals surface area contributed by atoms with Crippen LogP contribution in [0.5, 0.6) is 11.5 Å². The topological polar surface area (TPSA) is 251 Å². The minimum absolute atomic E-state index is 0.00273. The van der Waals surface area contributed by atoms with Crippen LogP contribution < -0.4 is 11.1 Å². The number of thiazole rings is 1. The van der Waals surface area contributed by atoms with E-state index in [9.17, 15) is 44.1 Å². The summed E-state index contributed by atoms with van der Waals surface area (Å²) in [4.78, 5) is 89.7. The van der Waals surface area contributed by atoms with E-state index in [0.29, 0.717) is 23.1 Å². The van der Waals surface area contributed by atoms with E-state index in [-0.39, 0.29) is 53.0 Å². The van der Waals surface area contributed by atoms with Gasteiger partial charge in [-0.3, -0.25) is 29.0 Å². The maximum atomic E-state index is 13.7. The number of aromatic nitrogens is 1. The molecular weight excluding hydrogens is 723 g/mol. The molecule has 2 atom stereocenters. The van der Waals surface area contributed by atoms with Crippen molar-refractivity contribution in [2.45, 2.75) is 44.7 Å². The number of rotatable bonds is 14. The number of likely N-dealkylation sites (N-methyl/N-ethyl adjacent to an activating group) is 1. The number of phenolic OH excluding ortho intramolecular Hbond substituents is 2. The van der Waals surface area contributed by atoms with Crippen molar-refractivity contribution in [1.82, 2.24) is 20.1 Å². The van der Waals surface area contributed by atoms with Gasteiger partial charge in [0.25, 0.3) is 23.6 Å². The van der Waals surface area contributed by atoms with Crippen molar-refractivity contribution in [3.05, 3.63) is 45.6 Å². The number of β-lactam (4-membered cyclic amide) rings is 1. The normalized spacial score (nSPS) is 18.9. The fraction of sp³-hybridized carbons (Fsp3) is 0.438. The molecular formula is C32H38N7O11S2+. The van der Waals surface area contributed by atoms with Gasteiger partial charge in [0, 0.05) is 16.7 Å². The number of oxime groups is 1. The van der Waals surface area contributed by atoms with Crippen LogP contribution in [-0.2, 0) is 28.8 Å². The van der Waals surface area contributed by atoms with Crippen LogP contribution in [0, 0.1) is 0 Å². The number of fused-ring (bicyclic) bond motifs is 2. The number of anilines is 1. The molecule has 1 saturated heterocycles. The number of nitrogens with two attached hydrogens (primary N) is 1. The summed E-state index contributed by atoms with van der Waals surface area (Å²) in [5.74, 6) is -5.83. The van der Waals surface area contributed by atoms with E-state index < -0.39 is 69.8 Å². The lowest BCUT2D eigenvalue weighted by Crippen LogP contribution is -2.71. The van der Waals surface area contributed by atoms with Crippen LogP contribution in [0.15, 0.2) is 33.9 Å². The molecule has 0 unspecified atom stereocenters. The molecule has 278 valence electrons. The second kappa shape index (κ2) is 14.4. The van der Waals surface area contributed by atoms with Crippen LogP contribution in [0.2, 0.25) is 0 Å². The van der Waals surface area contributed by atoms with Gasteiger partial charge in [-0.15, -0.1) is 23.1 Å². The smallest absolute Gasteiger partial charge is 0.355 e. The highest BCUT2D eigenvalue weighted by atomic mass is 32.2. The number of carbonyl (C=O) groups excluding carboxylic acids is 5. The van der Waals surface area contributed by atoms with Gasteiger partial charge in [-0.05, 0) is 39.8 Å². The molecule has 20 heteroatoms. The van der Waals surface area contributed by atoms with Gasteiger partial charge in [-0.25, -0.2) is 14.6 Å². The number of carboxylic acids is 1. The van der Waals surface area contributed by atoms with Gasteiger partial charge >= 0.3 is 11.9 Å². The third kappa shape index (κ3) is 6.75. The Morgan fingerprint density at radius 2 is 1.85 bits per heavy atom. The van der Waals surface area contributed by atoms with Crippen LogP contribution in [0.3, 0.4) is 0 Å². The first-order valence-corrected chi connectivity index (χ1v) is 18.0. The molecule has 52 heavy (non-hydrogen) atoms. The van der Waals surface area contributed by atoms with E-state index in [0.717, 1.165) is 22.3 Å². The first-order chi connectivity index (χ1) is 24.5. The molecule has 1 aromatic carbocycles. The average molecular weight is 761 g/mol. The second-order valence-corrected chi connectivity index (χ2v) is 14.7. The Hall–Kier alpha value is -5.21. The van der Waals surface area contributed by atoms with E-state index in [4.69, 9.17) is 15.3 Å². The SMILES string of the molecule is CC[N+](CC)(CCN1C(=O)c2ccc(O)c(O)c2C1=O)CC1=C(C(=O)OC)N2C(=O)[C@@H](NC(=O)/C(=N\OC(C)(C)C(=O)O)c3csc(N)n3)[C@H]2SC1. The zero-order chi connectivity index (χ0) is 38.3. The average Bonchev–Trinajstić information content (AvgIpc) is 3.65. The van der Waals surface area contributed by atoms with Crippen molar-refractivity contribution >= 4 is 69.5 Å². The van der Waals surface area contributed by atoms with Crippen LogP contribution in [0.1, 0.15) is 54.1 Å². The van der Waals surface area contributed by atoms with Crippen molar-refractivity contribution in [3.8, 4) is 11.5 Å². The third-order valence-electron chi connectivity index (χ3n) is 9.33. The molecule has 0 radical (unpaired) electrons. The summed E-state index contributed by atoms with van der Waals surface area (Å²) in [6.07, 6.45) is 0. The number of thioether (sulfide) groups is 1. The number of esters is 1. The summed E-state index contributed by atoms with van der Waals surface area (Å²) in [6, 6.07) is 1.32. The van der Waals surface area contributed by atoms with Crippen LogP contribution in [0.4, 0.5) is 5.13 Å². The highest BCUT2D eigenvalue weighted by Gasteiger charge is 2.55. The van der Waals surface area contributed by atoms with E-state index in [1.54, 1.807) is 0 Å². The predicted octanol–water partition coefficient (Wildman–Crippen LogP) is 0.700. The number of nitrogens with one attached hydrogen (secondary N) is 1. The number of nitrogen functional groups attached to an aromatic ring is 1. The molecule has 0 spiro atoms. The highest BCUT2D eigenvalue weighted by Crippen LogP contribution is 2.42.